The molecular formula is C18H16BrNO2S. The first-order valence-electron chi connectivity index (χ1n) is 7.14. The average molecular weight is 390 g/mol. The van der Waals surface area contributed by atoms with E-state index in [-0.39, 0.29) is 5.91 Å². The lowest BCUT2D eigenvalue weighted by atomic mass is 10.1. The van der Waals surface area contributed by atoms with Gasteiger partial charge < -0.3 is 9.64 Å². The SMILES string of the molecule is COc1ccc2cc(CN(C)C(=O)c3ccc(Br)s3)ccc2c1. The van der Waals surface area contributed by atoms with Crippen molar-refractivity contribution in [3.8, 4) is 5.75 Å². The van der Waals surface area contributed by atoms with Crippen LogP contribution in [0.25, 0.3) is 10.8 Å². The largest absolute Gasteiger partial charge is 0.497 e. The molecule has 0 bridgehead atoms. The number of rotatable bonds is 4. The lowest BCUT2D eigenvalue weighted by Gasteiger charge is -2.16. The van der Waals surface area contributed by atoms with Crippen LogP contribution in [0.5, 0.6) is 5.75 Å². The molecule has 3 aromatic rings. The van der Waals surface area contributed by atoms with Gasteiger partial charge in [-0.25, -0.2) is 0 Å². The molecule has 23 heavy (non-hydrogen) atoms. The van der Waals surface area contributed by atoms with Crippen LogP contribution in [0.1, 0.15) is 15.2 Å². The third-order valence-electron chi connectivity index (χ3n) is 3.66. The molecule has 2 aromatic carbocycles. The molecule has 0 N–H and O–H groups in total. The number of thiophene rings is 1. The van der Waals surface area contributed by atoms with Gasteiger partial charge in [0.15, 0.2) is 0 Å². The van der Waals surface area contributed by atoms with E-state index in [2.05, 4.69) is 34.1 Å². The minimum absolute atomic E-state index is 0.0375. The summed E-state index contributed by atoms with van der Waals surface area (Å²) in [5, 5.41) is 2.27. The fourth-order valence-electron chi connectivity index (χ4n) is 2.46. The van der Waals surface area contributed by atoms with E-state index in [1.165, 1.54) is 11.3 Å². The van der Waals surface area contributed by atoms with E-state index in [4.69, 9.17) is 4.74 Å². The van der Waals surface area contributed by atoms with Crippen molar-refractivity contribution >= 4 is 43.9 Å². The maximum atomic E-state index is 12.4. The Kier molecular flexibility index (Phi) is 4.68. The maximum absolute atomic E-state index is 12.4. The Morgan fingerprint density at radius 2 is 1.87 bits per heavy atom. The van der Waals surface area contributed by atoms with E-state index in [0.717, 1.165) is 30.7 Å². The molecule has 1 aromatic heterocycles. The number of benzene rings is 2. The van der Waals surface area contributed by atoms with Gasteiger partial charge in [-0.05, 0) is 62.6 Å². The fourth-order valence-corrected chi connectivity index (χ4v) is 3.84. The van der Waals surface area contributed by atoms with Crippen LogP contribution < -0.4 is 4.74 Å². The highest BCUT2D eigenvalue weighted by Gasteiger charge is 2.14. The highest BCUT2D eigenvalue weighted by molar-refractivity contribution is 9.11. The van der Waals surface area contributed by atoms with Crippen LogP contribution in [0.3, 0.4) is 0 Å². The molecule has 0 fully saturated rings. The number of methoxy groups -OCH3 is 1. The minimum Gasteiger partial charge on any atom is -0.497 e. The third kappa shape index (κ3) is 3.57. The number of nitrogens with zero attached hydrogens (tertiary/aromatic N) is 1. The first-order chi connectivity index (χ1) is 11.1. The van der Waals surface area contributed by atoms with E-state index in [1.807, 2.05) is 37.4 Å². The normalized spacial score (nSPS) is 10.7. The molecule has 0 unspecified atom stereocenters. The minimum atomic E-state index is 0.0375. The zero-order chi connectivity index (χ0) is 16.4. The second-order valence-corrected chi connectivity index (χ2v) is 7.78. The molecule has 0 saturated carbocycles. The van der Waals surface area contributed by atoms with Gasteiger partial charge in [-0.3, -0.25) is 4.79 Å². The first kappa shape index (κ1) is 16.0. The second kappa shape index (κ2) is 6.72. The molecule has 0 aliphatic carbocycles. The molecule has 0 spiro atoms. The number of fused-ring (bicyclic) bond motifs is 1. The summed E-state index contributed by atoms with van der Waals surface area (Å²) in [6.45, 7) is 0.580. The van der Waals surface area contributed by atoms with Crippen molar-refractivity contribution in [2.75, 3.05) is 14.2 Å². The fraction of sp³-hybridized carbons (Fsp3) is 0.167. The molecule has 0 atom stereocenters. The van der Waals surface area contributed by atoms with Crippen LogP contribution in [0.4, 0.5) is 0 Å². The molecule has 5 heteroatoms. The van der Waals surface area contributed by atoms with E-state index >= 15 is 0 Å². The zero-order valence-electron chi connectivity index (χ0n) is 12.9. The van der Waals surface area contributed by atoms with E-state index in [9.17, 15) is 4.79 Å². The van der Waals surface area contributed by atoms with Gasteiger partial charge >= 0.3 is 0 Å². The number of hydrogen-bond acceptors (Lipinski definition) is 3. The summed E-state index contributed by atoms with van der Waals surface area (Å²) < 4.78 is 6.21. The molecular weight excluding hydrogens is 374 g/mol. The molecule has 0 radical (unpaired) electrons. The van der Waals surface area contributed by atoms with Gasteiger partial charge in [-0.2, -0.15) is 0 Å². The maximum Gasteiger partial charge on any atom is 0.264 e. The van der Waals surface area contributed by atoms with Gasteiger partial charge in [-0.15, -0.1) is 11.3 Å². The number of ether oxygens (including phenoxy) is 1. The first-order valence-corrected chi connectivity index (χ1v) is 8.75. The monoisotopic (exact) mass is 389 g/mol. The van der Waals surface area contributed by atoms with Crippen molar-refractivity contribution in [2.45, 2.75) is 6.54 Å². The number of carbonyl (C=O) groups is 1. The Hall–Kier alpha value is -1.85. The van der Waals surface area contributed by atoms with Crippen LogP contribution in [-0.4, -0.2) is 25.0 Å². The average Bonchev–Trinajstić information content (AvgIpc) is 3.00. The van der Waals surface area contributed by atoms with Gasteiger partial charge in [0.05, 0.1) is 15.8 Å². The molecule has 0 saturated heterocycles. The van der Waals surface area contributed by atoms with Crippen LogP contribution in [0, 0.1) is 0 Å². The predicted molar refractivity (Wildman–Crippen MR) is 98.3 cm³/mol. The number of carbonyl (C=O) groups excluding carboxylic acids is 1. The van der Waals surface area contributed by atoms with Crippen molar-refractivity contribution < 1.29 is 9.53 Å². The van der Waals surface area contributed by atoms with Gasteiger partial charge in [0, 0.05) is 13.6 Å². The number of hydrogen-bond donors (Lipinski definition) is 0. The van der Waals surface area contributed by atoms with Crippen LogP contribution >= 0.6 is 27.3 Å². The highest BCUT2D eigenvalue weighted by atomic mass is 79.9. The summed E-state index contributed by atoms with van der Waals surface area (Å²) >= 11 is 4.85. The molecule has 3 nitrogen and oxygen atoms in total. The Morgan fingerprint density at radius 1 is 1.13 bits per heavy atom. The predicted octanol–water partition coefficient (Wildman–Crippen LogP) is 4.94. The van der Waals surface area contributed by atoms with Crippen molar-refractivity contribution in [3.63, 3.8) is 0 Å². The van der Waals surface area contributed by atoms with Gasteiger partial charge in [0.2, 0.25) is 0 Å². The Morgan fingerprint density at radius 3 is 2.57 bits per heavy atom. The molecule has 1 heterocycles. The van der Waals surface area contributed by atoms with Crippen molar-refractivity contribution in [1.82, 2.24) is 4.90 Å². The van der Waals surface area contributed by atoms with Crippen LogP contribution in [0.15, 0.2) is 52.3 Å². The second-order valence-electron chi connectivity index (χ2n) is 5.31. The lowest BCUT2D eigenvalue weighted by Crippen LogP contribution is -2.25. The summed E-state index contributed by atoms with van der Waals surface area (Å²) in [7, 11) is 3.49. The highest BCUT2D eigenvalue weighted by Crippen LogP contribution is 2.25. The van der Waals surface area contributed by atoms with E-state index in [1.54, 1.807) is 12.0 Å². The van der Waals surface area contributed by atoms with Crippen LogP contribution in [0.2, 0.25) is 0 Å². The van der Waals surface area contributed by atoms with Crippen molar-refractivity contribution in [2.24, 2.45) is 0 Å². The Bertz CT molecular complexity index is 859. The molecule has 3 rings (SSSR count). The molecule has 0 aliphatic rings. The van der Waals surface area contributed by atoms with Crippen LogP contribution in [-0.2, 0) is 6.54 Å². The Labute approximate surface area is 147 Å². The smallest absolute Gasteiger partial charge is 0.264 e. The number of amides is 1. The molecule has 118 valence electrons. The summed E-state index contributed by atoms with van der Waals surface area (Å²) in [6, 6.07) is 16.0. The summed E-state index contributed by atoms with van der Waals surface area (Å²) in [5.74, 6) is 0.886. The van der Waals surface area contributed by atoms with E-state index in [0.29, 0.717) is 6.54 Å². The summed E-state index contributed by atoms with van der Waals surface area (Å²) in [4.78, 5) is 14.9. The molecule has 0 aliphatic heterocycles. The van der Waals surface area contributed by atoms with Gasteiger partial charge in [0.25, 0.3) is 5.91 Å². The summed E-state index contributed by atoms with van der Waals surface area (Å²) in [5.41, 5.74) is 1.11. The topological polar surface area (TPSA) is 29.5 Å². The van der Waals surface area contributed by atoms with Crippen molar-refractivity contribution in [3.05, 3.63) is 62.8 Å². The third-order valence-corrected chi connectivity index (χ3v) is 5.27. The zero-order valence-corrected chi connectivity index (χ0v) is 15.3. The van der Waals surface area contributed by atoms with Gasteiger partial charge in [-0.1, -0.05) is 18.2 Å². The lowest BCUT2D eigenvalue weighted by molar-refractivity contribution is 0.0790. The summed E-state index contributed by atoms with van der Waals surface area (Å²) in [6.07, 6.45) is 0. The van der Waals surface area contributed by atoms with Crippen molar-refractivity contribution in [1.29, 1.82) is 0 Å². The Balaban J connectivity index is 1.79. The van der Waals surface area contributed by atoms with E-state index < -0.39 is 0 Å². The quantitative estimate of drug-likeness (QED) is 0.631. The number of halogens is 1. The molecule has 1 amide bonds. The van der Waals surface area contributed by atoms with Gasteiger partial charge in [0.1, 0.15) is 5.75 Å². The standard InChI is InChI=1S/C18H16BrNO2S/c1-20(18(21)16-7-8-17(19)23-16)11-12-3-4-14-10-15(22-2)6-5-13(14)9-12/h3-10H,11H2,1-2H3.